The van der Waals surface area contributed by atoms with E-state index in [4.69, 9.17) is 11.6 Å². The molecule has 2 heterocycles. The normalized spacial score (nSPS) is 19.2. The van der Waals surface area contributed by atoms with Crippen LogP contribution in [0.25, 0.3) is 10.9 Å². The molecule has 0 aliphatic carbocycles. The molecule has 18 heavy (non-hydrogen) atoms. The molecular weight excluding hydrogens is 246 g/mol. The van der Waals surface area contributed by atoms with Gasteiger partial charge in [0.05, 0.1) is 0 Å². The largest absolute Gasteiger partial charge is 0.361 e. The van der Waals surface area contributed by atoms with E-state index < -0.39 is 0 Å². The highest BCUT2D eigenvalue weighted by Gasteiger charge is 2.20. The standard InChI is InChI=1S/C14H18ClN3/c1-10(18-6-4-16-5-7-18)13-9-17-14-8-11(15)2-3-12(13)14/h2-3,8-10,16-17H,4-7H2,1H3. The summed E-state index contributed by atoms with van der Waals surface area (Å²) >= 11 is 6.02. The molecule has 1 aromatic heterocycles. The number of benzene rings is 1. The van der Waals surface area contributed by atoms with Crippen molar-refractivity contribution in [3.8, 4) is 0 Å². The third-order valence-corrected chi connectivity index (χ3v) is 4.06. The Morgan fingerprint density at radius 3 is 2.83 bits per heavy atom. The molecule has 1 aliphatic heterocycles. The molecule has 0 saturated carbocycles. The molecule has 0 amide bonds. The maximum atomic E-state index is 6.02. The van der Waals surface area contributed by atoms with Gasteiger partial charge in [0.25, 0.3) is 0 Å². The van der Waals surface area contributed by atoms with E-state index in [0.29, 0.717) is 6.04 Å². The average molecular weight is 264 g/mol. The second kappa shape index (κ2) is 4.92. The van der Waals surface area contributed by atoms with Gasteiger partial charge in [-0.2, -0.15) is 0 Å². The van der Waals surface area contributed by atoms with E-state index in [0.717, 1.165) is 36.7 Å². The van der Waals surface area contributed by atoms with E-state index in [1.54, 1.807) is 0 Å². The fourth-order valence-electron chi connectivity index (χ4n) is 2.73. The molecule has 2 aromatic rings. The number of nitrogens with one attached hydrogen (secondary N) is 2. The highest BCUT2D eigenvalue weighted by molar-refractivity contribution is 6.31. The van der Waals surface area contributed by atoms with Crippen molar-refractivity contribution < 1.29 is 0 Å². The van der Waals surface area contributed by atoms with Gasteiger partial charge in [0.15, 0.2) is 0 Å². The van der Waals surface area contributed by atoms with Crippen LogP contribution in [0.15, 0.2) is 24.4 Å². The first-order valence-electron chi connectivity index (χ1n) is 6.47. The Morgan fingerprint density at radius 2 is 2.06 bits per heavy atom. The fourth-order valence-corrected chi connectivity index (χ4v) is 2.90. The number of hydrogen-bond acceptors (Lipinski definition) is 2. The number of rotatable bonds is 2. The Kier molecular flexibility index (Phi) is 3.29. The molecule has 0 bridgehead atoms. The van der Waals surface area contributed by atoms with E-state index in [1.807, 2.05) is 12.1 Å². The number of aromatic amines is 1. The average Bonchev–Trinajstić information content (AvgIpc) is 2.81. The summed E-state index contributed by atoms with van der Waals surface area (Å²) in [6.07, 6.45) is 2.12. The quantitative estimate of drug-likeness (QED) is 0.873. The molecule has 0 radical (unpaired) electrons. The molecule has 96 valence electrons. The SMILES string of the molecule is CC(c1c[nH]c2cc(Cl)ccc12)N1CCNCC1. The minimum absolute atomic E-state index is 0.446. The van der Waals surface area contributed by atoms with Gasteiger partial charge in [-0.25, -0.2) is 0 Å². The highest BCUT2D eigenvalue weighted by Crippen LogP contribution is 2.29. The third-order valence-electron chi connectivity index (χ3n) is 3.83. The van der Waals surface area contributed by atoms with Crippen LogP contribution < -0.4 is 5.32 Å². The van der Waals surface area contributed by atoms with E-state index in [-0.39, 0.29) is 0 Å². The van der Waals surface area contributed by atoms with Crippen molar-refractivity contribution in [1.82, 2.24) is 15.2 Å². The Labute approximate surface area is 112 Å². The lowest BCUT2D eigenvalue weighted by molar-refractivity contribution is 0.186. The number of aromatic nitrogens is 1. The highest BCUT2D eigenvalue weighted by atomic mass is 35.5. The molecule has 2 N–H and O–H groups in total. The fraction of sp³-hybridized carbons (Fsp3) is 0.429. The molecule has 1 aromatic carbocycles. The van der Waals surface area contributed by atoms with Crippen molar-refractivity contribution >= 4 is 22.5 Å². The zero-order valence-corrected chi connectivity index (χ0v) is 11.3. The van der Waals surface area contributed by atoms with Crippen molar-refractivity contribution in [1.29, 1.82) is 0 Å². The number of H-pyrrole nitrogens is 1. The zero-order chi connectivity index (χ0) is 12.5. The van der Waals surface area contributed by atoms with Crippen LogP contribution in [0, 0.1) is 0 Å². The molecule has 0 spiro atoms. The maximum absolute atomic E-state index is 6.02. The Hall–Kier alpha value is -1.03. The van der Waals surface area contributed by atoms with Gasteiger partial charge in [0.2, 0.25) is 0 Å². The van der Waals surface area contributed by atoms with Crippen LogP contribution in [0.1, 0.15) is 18.5 Å². The molecule has 1 saturated heterocycles. The molecular formula is C14H18ClN3. The third kappa shape index (κ3) is 2.14. The number of piperazine rings is 1. The first kappa shape index (κ1) is 12.0. The van der Waals surface area contributed by atoms with Gasteiger partial charge in [-0.15, -0.1) is 0 Å². The monoisotopic (exact) mass is 263 g/mol. The van der Waals surface area contributed by atoms with Crippen LogP contribution in [0.2, 0.25) is 5.02 Å². The van der Waals surface area contributed by atoms with Crippen molar-refractivity contribution in [2.45, 2.75) is 13.0 Å². The molecule has 3 nitrogen and oxygen atoms in total. The van der Waals surface area contributed by atoms with Crippen LogP contribution in [-0.2, 0) is 0 Å². The summed E-state index contributed by atoms with van der Waals surface area (Å²) < 4.78 is 0. The van der Waals surface area contributed by atoms with Crippen LogP contribution >= 0.6 is 11.6 Å². The van der Waals surface area contributed by atoms with Gasteiger partial charge in [-0.3, -0.25) is 4.90 Å². The summed E-state index contributed by atoms with van der Waals surface area (Å²) in [6, 6.07) is 6.51. The lowest BCUT2D eigenvalue weighted by Gasteiger charge is -2.32. The second-order valence-corrected chi connectivity index (χ2v) is 5.33. The summed E-state index contributed by atoms with van der Waals surface area (Å²) in [7, 11) is 0. The molecule has 1 unspecified atom stereocenters. The van der Waals surface area contributed by atoms with E-state index in [2.05, 4.69) is 34.4 Å². The van der Waals surface area contributed by atoms with E-state index in [1.165, 1.54) is 10.9 Å². The summed E-state index contributed by atoms with van der Waals surface area (Å²) in [5, 5.41) is 5.46. The number of hydrogen-bond donors (Lipinski definition) is 2. The second-order valence-electron chi connectivity index (χ2n) is 4.90. The van der Waals surface area contributed by atoms with Gasteiger partial charge >= 0.3 is 0 Å². The van der Waals surface area contributed by atoms with Gasteiger partial charge in [0.1, 0.15) is 0 Å². The van der Waals surface area contributed by atoms with Gasteiger partial charge in [0, 0.05) is 54.3 Å². The van der Waals surface area contributed by atoms with Gasteiger partial charge < -0.3 is 10.3 Å². The lowest BCUT2D eigenvalue weighted by atomic mass is 10.1. The maximum Gasteiger partial charge on any atom is 0.0472 e. The Morgan fingerprint density at radius 1 is 1.28 bits per heavy atom. The summed E-state index contributed by atoms with van der Waals surface area (Å²) in [4.78, 5) is 5.84. The molecule has 4 heteroatoms. The topological polar surface area (TPSA) is 31.1 Å². The molecule has 1 fully saturated rings. The van der Waals surface area contributed by atoms with E-state index >= 15 is 0 Å². The molecule has 1 atom stereocenters. The smallest absolute Gasteiger partial charge is 0.0472 e. The summed E-state index contributed by atoms with van der Waals surface area (Å²) in [6.45, 7) is 6.67. The van der Waals surface area contributed by atoms with Crippen LogP contribution in [0.4, 0.5) is 0 Å². The minimum atomic E-state index is 0.446. The van der Waals surface area contributed by atoms with Crippen LogP contribution in [-0.4, -0.2) is 36.1 Å². The first-order chi connectivity index (χ1) is 8.75. The van der Waals surface area contributed by atoms with Crippen molar-refractivity contribution in [3.63, 3.8) is 0 Å². The Bertz CT molecular complexity index is 543. The summed E-state index contributed by atoms with van der Waals surface area (Å²) in [5.41, 5.74) is 2.49. The van der Waals surface area contributed by atoms with Crippen molar-refractivity contribution in [3.05, 3.63) is 35.0 Å². The predicted octanol–water partition coefficient (Wildman–Crippen LogP) is 2.79. The Balaban J connectivity index is 1.93. The predicted molar refractivity (Wildman–Crippen MR) is 76.2 cm³/mol. The van der Waals surface area contributed by atoms with Gasteiger partial charge in [-0.05, 0) is 24.6 Å². The van der Waals surface area contributed by atoms with Gasteiger partial charge in [-0.1, -0.05) is 17.7 Å². The van der Waals surface area contributed by atoms with Crippen LogP contribution in [0.5, 0.6) is 0 Å². The molecule has 1 aliphatic rings. The minimum Gasteiger partial charge on any atom is -0.361 e. The summed E-state index contributed by atoms with van der Waals surface area (Å²) in [5.74, 6) is 0. The van der Waals surface area contributed by atoms with Crippen molar-refractivity contribution in [2.75, 3.05) is 26.2 Å². The zero-order valence-electron chi connectivity index (χ0n) is 10.5. The van der Waals surface area contributed by atoms with Crippen molar-refractivity contribution in [2.24, 2.45) is 0 Å². The first-order valence-corrected chi connectivity index (χ1v) is 6.85. The number of nitrogens with zero attached hydrogens (tertiary/aromatic N) is 1. The van der Waals surface area contributed by atoms with Crippen LogP contribution in [0.3, 0.4) is 0 Å². The van der Waals surface area contributed by atoms with E-state index in [9.17, 15) is 0 Å². The molecule has 3 rings (SSSR count). The number of fused-ring (bicyclic) bond motifs is 1. The number of halogens is 1. The lowest BCUT2D eigenvalue weighted by Crippen LogP contribution is -2.44.